The highest BCUT2D eigenvalue weighted by atomic mass is 19.1. The van der Waals surface area contributed by atoms with E-state index in [0.29, 0.717) is 10.5 Å². The van der Waals surface area contributed by atoms with E-state index in [4.69, 9.17) is 20.4 Å². The summed E-state index contributed by atoms with van der Waals surface area (Å²) in [5.41, 5.74) is -3.79. The molecule has 202 valence electrons. The van der Waals surface area contributed by atoms with E-state index < -0.39 is 67.1 Å². The molecule has 0 bridgehead atoms. The van der Waals surface area contributed by atoms with Crippen LogP contribution in [0.3, 0.4) is 0 Å². The van der Waals surface area contributed by atoms with Crippen molar-refractivity contribution in [3.05, 3.63) is 64.5 Å². The van der Waals surface area contributed by atoms with Crippen LogP contribution in [-0.2, 0) is 34.0 Å². The maximum absolute atomic E-state index is 16.0. The minimum atomic E-state index is -3.00. The Morgan fingerprint density at radius 3 is 2.66 bits per heavy atom. The molecular weight excluding hydrogens is 489 g/mol. The van der Waals surface area contributed by atoms with Crippen molar-refractivity contribution in [1.82, 2.24) is 15.1 Å². The summed E-state index contributed by atoms with van der Waals surface area (Å²) >= 11 is 0. The van der Waals surface area contributed by atoms with Gasteiger partial charge in [-0.2, -0.15) is 0 Å². The van der Waals surface area contributed by atoms with Gasteiger partial charge in [0, 0.05) is 57.8 Å². The van der Waals surface area contributed by atoms with E-state index >= 15 is 4.39 Å². The number of amides is 3. The van der Waals surface area contributed by atoms with Crippen molar-refractivity contribution in [3.8, 4) is 5.75 Å². The monoisotopic (exact) mass is 531 g/mol. The van der Waals surface area contributed by atoms with Gasteiger partial charge in [0.15, 0.2) is 0 Å². The average molecular weight is 532 g/mol. The number of piperidine rings is 1. The number of nitrogens with zero attached hydrogens (tertiary/aromatic N) is 2. The maximum atomic E-state index is 16.0. The maximum Gasteiger partial charge on any atom is 0.255 e. The highest BCUT2D eigenvalue weighted by Crippen LogP contribution is 2.34. The van der Waals surface area contributed by atoms with Crippen LogP contribution in [0.15, 0.2) is 36.4 Å². The van der Waals surface area contributed by atoms with Crippen molar-refractivity contribution >= 4 is 17.7 Å². The van der Waals surface area contributed by atoms with Gasteiger partial charge < -0.3 is 14.4 Å². The molecule has 0 aromatic heterocycles. The number of carbonyl (C=O) groups is 3. The molecule has 2 saturated heterocycles. The Morgan fingerprint density at radius 2 is 1.89 bits per heavy atom. The number of morpholine rings is 1. The van der Waals surface area contributed by atoms with Gasteiger partial charge in [0.1, 0.15) is 24.2 Å². The smallest absolute Gasteiger partial charge is 0.255 e. The number of benzene rings is 2. The second kappa shape index (κ2) is 9.78. The number of fused-ring (bicyclic) bond motifs is 1. The topological polar surface area (TPSA) is 88.2 Å². The largest absolute Gasteiger partial charge is 0.488 e. The number of ether oxygens (including phenoxy) is 2. The number of carbonyl (C=O) groups excluding carboxylic acids is 3. The molecule has 2 atom stereocenters. The van der Waals surface area contributed by atoms with Crippen molar-refractivity contribution in [3.63, 3.8) is 0 Å². The van der Waals surface area contributed by atoms with Crippen LogP contribution in [0.2, 0.25) is 0 Å². The van der Waals surface area contributed by atoms with Gasteiger partial charge in [-0.05, 0) is 46.2 Å². The second-order valence-electron chi connectivity index (χ2n) is 10.1. The molecule has 2 unspecified atom stereocenters. The van der Waals surface area contributed by atoms with Gasteiger partial charge in [-0.15, -0.1) is 0 Å². The first-order valence-electron chi connectivity index (χ1n) is 16.2. The number of rotatable bonds is 6. The lowest BCUT2D eigenvalue weighted by Crippen LogP contribution is -2.56. The Morgan fingerprint density at radius 1 is 1.16 bits per heavy atom. The predicted octanol–water partition coefficient (Wildman–Crippen LogP) is 3.56. The molecule has 8 nitrogen and oxygen atoms in total. The van der Waals surface area contributed by atoms with Crippen LogP contribution in [0.5, 0.6) is 5.75 Å². The number of hydrogen-bond acceptors (Lipinski definition) is 6. The van der Waals surface area contributed by atoms with Gasteiger partial charge in [0.2, 0.25) is 11.8 Å². The van der Waals surface area contributed by atoms with Crippen molar-refractivity contribution in [2.45, 2.75) is 77.4 Å². The molecule has 0 spiro atoms. The molecule has 0 saturated carbocycles. The van der Waals surface area contributed by atoms with Gasteiger partial charge in [0.25, 0.3) is 5.91 Å². The highest BCUT2D eigenvalue weighted by Gasteiger charge is 2.40. The van der Waals surface area contributed by atoms with E-state index in [-0.39, 0.29) is 48.4 Å². The molecule has 2 fully saturated rings. The lowest BCUT2D eigenvalue weighted by molar-refractivity contribution is -0.182. The third kappa shape index (κ3) is 5.31. The third-order valence-electron chi connectivity index (χ3n) is 6.44. The summed E-state index contributed by atoms with van der Waals surface area (Å²) in [6.45, 7) is -5.95. The minimum absolute atomic E-state index is 0.0191. The lowest BCUT2D eigenvalue weighted by Gasteiger charge is -2.47. The van der Waals surface area contributed by atoms with Gasteiger partial charge >= 0.3 is 0 Å². The minimum Gasteiger partial charge on any atom is -0.488 e. The molecular formula is C29H34FN3O5. The molecule has 2 aromatic carbocycles. The average Bonchev–Trinajstić information content (AvgIpc) is 3.29. The fourth-order valence-corrected chi connectivity index (χ4v) is 4.96. The van der Waals surface area contributed by atoms with Crippen LogP contribution in [-0.4, -0.2) is 57.7 Å². The summed E-state index contributed by atoms with van der Waals surface area (Å²) in [6.07, 6.45) is -0.276. The van der Waals surface area contributed by atoms with E-state index in [1.54, 1.807) is 6.07 Å². The van der Waals surface area contributed by atoms with Crippen molar-refractivity contribution in [2.24, 2.45) is 0 Å². The van der Waals surface area contributed by atoms with Gasteiger partial charge in [-0.1, -0.05) is 24.3 Å². The zero-order valence-corrected chi connectivity index (χ0v) is 21.3. The van der Waals surface area contributed by atoms with Crippen molar-refractivity contribution in [2.75, 3.05) is 13.0 Å². The summed E-state index contributed by atoms with van der Waals surface area (Å²) in [5, 5.41) is 2.10. The second-order valence-corrected chi connectivity index (χ2v) is 10.1. The Balaban J connectivity index is 1.40. The van der Waals surface area contributed by atoms with E-state index in [0.717, 1.165) is 11.8 Å². The highest BCUT2D eigenvalue weighted by molar-refractivity contribution is 6.05. The fraction of sp³-hybridized carbons (Fsp3) is 0.483. The molecule has 3 aliphatic heterocycles. The summed E-state index contributed by atoms with van der Waals surface area (Å²) in [7, 11) is 0. The molecule has 3 aliphatic rings. The lowest BCUT2D eigenvalue weighted by atomic mass is 9.98. The molecule has 9 heteroatoms. The predicted molar refractivity (Wildman–Crippen MR) is 138 cm³/mol. The SMILES string of the molecule is [2H]C1(N2Cc3c(OCc4cccc(CN5C([2H])([2H])C(C)(C)OC(C)(C([2H])([2H])[2H])C5([2H])[2H])c4F)cccc3C2=O)CCC(=O)NC1=O. The molecule has 2 aromatic rings. The summed E-state index contributed by atoms with van der Waals surface area (Å²) in [6, 6.07) is 6.83. The molecule has 1 N–H and O–H groups in total. The Hall–Kier alpha value is -3.30. The van der Waals surface area contributed by atoms with Crippen LogP contribution in [0, 0.1) is 5.82 Å². The van der Waals surface area contributed by atoms with Gasteiger partial charge in [-0.3, -0.25) is 24.6 Å². The molecule has 0 aliphatic carbocycles. The molecule has 3 heterocycles. The van der Waals surface area contributed by atoms with Crippen LogP contribution in [0.1, 0.15) is 78.5 Å². The standard InChI is InChI=1S/C29H34FN3O5/c1-28(2)16-32(17-29(3,4)38-28)13-18-7-5-8-19(25(18)30)15-37-23-10-6-9-20-21(23)14-33(27(20)36)22-11-12-24(34)31-26(22)35/h5-10,22H,11-17H2,1-4H3,(H,31,34,35)/i1D3,16D2,17D2,22D. The van der Waals surface area contributed by atoms with Crippen LogP contribution in [0.4, 0.5) is 4.39 Å². The summed E-state index contributed by atoms with van der Waals surface area (Å²) in [5.74, 6) is -2.64. The fourth-order valence-electron chi connectivity index (χ4n) is 4.96. The number of halogens is 1. The first-order chi connectivity index (χ1) is 21.1. The van der Waals surface area contributed by atoms with E-state index in [9.17, 15) is 14.4 Å². The molecule has 5 rings (SSSR count). The number of nitrogens with one attached hydrogen (secondary N) is 1. The van der Waals surface area contributed by atoms with Crippen LogP contribution in [0.25, 0.3) is 0 Å². The third-order valence-corrected chi connectivity index (χ3v) is 6.44. The zero-order valence-electron chi connectivity index (χ0n) is 29.3. The molecule has 38 heavy (non-hydrogen) atoms. The Kier molecular flexibility index (Phi) is 4.65. The van der Waals surface area contributed by atoms with E-state index in [1.807, 2.05) is 0 Å². The van der Waals surface area contributed by atoms with Gasteiger partial charge in [-0.25, -0.2) is 4.39 Å². The van der Waals surface area contributed by atoms with Crippen LogP contribution >= 0.6 is 0 Å². The number of imide groups is 1. The Bertz CT molecular complexity index is 1620. The quantitative estimate of drug-likeness (QED) is 0.574. The zero-order chi connectivity index (χ0) is 34.3. The first-order valence-corrected chi connectivity index (χ1v) is 12.2. The van der Waals surface area contributed by atoms with E-state index in [2.05, 4.69) is 5.32 Å². The van der Waals surface area contributed by atoms with Crippen molar-refractivity contribution < 1.29 is 39.2 Å². The molecule has 3 amide bonds. The first kappa shape index (κ1) is 18.1. The Labute approximate surface area is 233 Å². The van der Waals surface area contributed by atoms with E-state index in [1.165, 1.54) is 44.2 Å². The normalized spacial score (nSPS) is 33.4. The number of hydrogen-bond donors (Lipinski definition) is 1. The summed E-state index contributed by atoms with van der Waals surface area (Å²) in [4.78, 5) is 39.1. The summed E-state index contributed by atoms with van der Waals surface area (Å²) < 4.78 is 95.1. The van der Waals surface area contributed by atoms with Crippen molar-refractivity contribution in [1.29, 1.82) is 0 Å². The van der Waals surface area contributed by atoms with Crippen LogP contribution < -0.4 is 10.1 Å². The molecule has 0 radical (unpaired) electrons. The van der Waals surface area contributed by atoms with Gasteiger partial charge in [0.05, 0.1) is 19.1 Å².